The number of urea groups is 1. The number of aryl methyl sites for hydroxylation is 1. The number of aromatic nitrogens is 2. The molecule has 0 saturated carbocycles. The summed E-state index contributed by atoms with van der Waals surface area (Å²) in [5, 5.41) is 27.0. The van der Waals surface area contributed by atoms with E-state index in [9.17, 15) is 23.1 Å². The zero-order valence-corrected chi connectivity index (χ0v) is 21.8. The molecule has 7 nitrogen and oxygen atoms in total. The van der Waals surface area contributed by atoms with Crippen LogP contribution < -0.4 is 5.32 Å². The first-order chi connectivity index (χ1) is 17.8. The van der Waals surface area contributed by atoms with Crippen molar-refractivity contribution in [1.82, 2.24) is 20.0 Å². The lowest BCUT2D eigenvalue weighted by atomic mass is 9.83. The SMILES string of the molecule is Cc1ccc(C(=N)N(CCC(F)(F)F)C(=O)NCn2nc(-c3cccc(Cl)c3)c3c2CCC(C)(O)C3)cc1. The molecule has 38 heavy (non-hydrogen) atoms. The van der Waals surface area contributed by atoms with E-state index in [0.29, 0.717) is 35.5 Å². The predicted octanol–water partition coefficient (Wildman–Crippen LogP) is 5.70. The molecule has 0 saturated heterocycles. The second-order valence-electron chi connectivity index (χ2n) is 9.83. The van der Waals surface area contributed by atoms with Gasteiger partial charge in [0.25, 0.3) is 0 Å². The van der Waals surface area contributed by atoms with Gasteiger partial charge in [-0.1, -0.05) is 53.6 Å². The maximum Gasteiger partial charge on any atom is 0.390 e. The fourth-order valence-corrected chi connectivity index (χ4v) is 4.70. The smallest absolute Gasteiger partial charge is 0.390 e. The summed E-state index contributed by atoms with van der Waals surface area (Å²) < 4.78 is 40.7. The number of halogens is 4. The summed E-state index contributed by atoms with van der Waals surface area (Å²) in [6.07, 6.45) is -4.39. The van der Waals surface area contributed by atoms with Gasteiger partial charge >= 0.3 is 12.2 Å². The second-order valence-corrected chi connectivity index (χ2v) is 10.3. The van der Waals surface area contributed by atoms with E-state index < -0.39 is 30.8 Å². The minimum absolute atomic E-state index is 0.117. The molecule has 0 aliphatic heterocycles. The van der Waals surface area contributed by atoms with Gasteiger partial charge in [0.05, 0.1) is 17.7 Å². The molecule has 202 valence electrons. The number of carbonyl (C=O) groups is 1. The number of nitrogens with zero attached hydrogens (tertiary/aromatic N) is 3. The number of benzene rings is 2. The van der Waals surface area contributed by atoms with Crippen molar-refractivity contribution in [3.63, 3.8) is 0 Å². The first kappa shape index (κ1) is 27.7. The highest BCUT2D eigenvalue weighted by atomic mass is 35.5. The summed E-state index contributed by atoms with van der Waals surface area (Å²) >= 11 is 6.18. The van der Waals surface area contributed by atoms with Crippen molar-refractivity contribution in [3.8, 4) is 11.3 Å². The summed E-state index contributed by atoms with van der Waals surface area (Å²) in [4.78, 5) is 13.9. The summed E-state index contributed by atoms with van der Waals surface area (Å²) in [5.41, 5.74) is 3.36. The highest BCUT2D eigenvalue weighted by Gasteiger charge is 2.34. The first-order valence-electron chi connectivity index (χ1n) is 12.2. The molecule has 11 heteroatoms. The van der Waals surface area contributed by atoms with E-state index in [2.05, 4.69) is 10.4 Å². The molecule has 4 rings (SSSR count). The van der Waals surface area contributed by atoms with E-state index in [-0.39, 0.29) is 12.5 Å². The molecule has 2 amide bonds. The highest BCUT2D eigenvalue weighted by Crippen LogP contribution is 2.36. The van der Waals surface area contributed by atoms with E-state index in [1.807, 2.05) is 13.0 Å². The fraction of sp³-hybridized carbons (Fsp3) is 0.370. The molecule has 0 fully saturated rings. The van der Waals surface area contributed by atoms with Gasteiger partial charge < -0.3 is 10.4 Å². The van der Waals surface area contributed by atoms with Gasteiger partial charge in [-0.2, -0.15) is 18.3 Å². The van der Waals surface area contributed by atoms with Gasteiger partial charge in [-0.05, 0) is 38.8 Å². The molecule has 3 aromatic rings. The van der Waals surface area contributed by atoms with Gasteiger partial charge in [0.1, 0.15) is 12.5 Å². The highest BCUT2D eigenvalue weighted by molar-refractivity contribution is 6.30. The molecule has 1 aliphatic rings. The topological polar surface area (TPSA) is 94.2 Å². The monoisotopic (exact) mass is 547 g/mol. The van der Waals surface area contributed by atoms with Gasteiger partial charge in [0.2, 0.25) is 0 Å². The third kappa shape index (κ3) is 6.54. The molecule has 3 N–H and O–H groups in total. The lowest BCUT2D eigenvalue weighted by Gasteiger charge is -2.29. The molecule has 0 spiro atoms. The van der Waals surface area contributed by atoms with Crippen LogP contribution in [-0.4, -0.2) is 50.0 Å². The molecule has 1 aliphatic carbocycles. The molecule has 2 aromatic carbocycles. The zero-order valence-electron chi connectivity index (χ0n) is 21.1. The van der Waals surface area contributed by atoms with Crippen LogP contribution in [0.25, 0.3) is 11.3 Å². The van der Waals surface area contributed by atoms with Crippen molar-refractivity contribution in [2.24, 2.45) is 0 Å². The van der Waals surface area contributed by atoms with Crippen LogP contribution in [0.3, 0.4) is 0 Å². The van der Waals surface area contributed by atoms with Gasteiger partial charge in [0.15, 0.2) is 0 Å². The molecule has 0 radical (unpaired) electrons. The number of hydrogen-bond donors (Lipinski definition) is 3. The number of nitrogens with one attached hydrogen (secondary N) is 2. The summed E-state index contributed by atoms with van der Waals surface area (Å²) in [6, 6.07) is 13.0. The van der Waals surface area contributed by atoms with Crippen LogP contribution >= 0.6 is 11.6 Å². The summed E-state index contributed by atoms with van der Waals surface area (Å²) in [7, 11) is 0. The number of amidine groups is 1. The summed E-state index contributed by atoms with van der Waals surface area (Å²) in [5.74, 6) is -0.329. The fourth-order valence-electron chi connectivity index (χ4n) is 4.51. The Morgan fingerprint density at radius 3 is 2.63 bits per heavy atom. The molecule has 1 unspecified atom stereocenters. The number of fused-ring (bicyclic) bond motifs is 1. The maximum atomic E-state index is 13.1. The van der Waals surface area contributed by atoms with Crippen molar-refractivity contribution < 1.29 is 23.1 Å². The number of amides is 2. The van der Waals surface area contributed by atoms with Crippen LogP contribution in [0.5, 0.6) is 0 Å². The Bertz CT molecular complexity index is 1340. The third-order valence-electron chi connectivity index (χ3n) is 6.56. The van der Waals surface area contributed by atoms with E-state index in [1.165, 1.54) is 0 Å². The maximum absolute atomic E-state index is 13.1. The van der Waals surface area contributed by atoms with Crippen molar-refractivity contribution in [3.05, 3.63) is 75.9 Å². The number of carbonyl (C=O) groups excluding carboxylic acids is 1. The van der Waals surface area contributed by atoms with Crippen molar-refractivity contribution in [2.45, 2.75) is 58.0 Å². The van der Waals surface area contributed by atoms with E-state index in [1.54, 1.807) is 54.1 Å². The van der Waals surface area contributed by atoms with Gasteiger partial charge in [-0.15, -0.1) is 0 Å². The minimum Gasteiger partial charge on any atom is -0.390 e. The van der Waals surface area contributed by atoms with Crippen LogP contribution in [0.2, 0.25) is 5.02 Å². The summed E-state index contributed by atoms with van der Waals surface area (Å²) in [6.45, 7) is 2.79. The second kappa shape index (κ2) is 10.8. The van der Waals surface area contributed by atoms with Gasteiger partial charge in [0, 0.05) is 40.4 Å². The van der Waals surface area contributed by atoms with Crippen molar-refractivity contribution in [1.29, 1.82) is 5.41 Å². The van der Waals surface area contributed by atoms with Crippen LogP contribution in [0.4, 0.5) is 18.0 Å². The van der Waals surface area contributed by atoms with E-state index in [0.717, 1.165) is 27.3 Å². The van der Waals surface area contributed by atoms with E-state index in [4.69, 9.17) is 17.0 Å². The lowest BCUT2D eigenvalue weighted by Crippen LogP contribution is -2.46. The quantitative estimate of drug-likeness (QED) is 0.273. The molecule has 0 bridgehead atoms. The Morgan fingerprint density at radius 1 is 1.26 bits per heavy atom. The van der Waals surface area contributed by atoms with Crippen LogP contribution in [0, 0.1) is 12.3 Å². The standard InChI is InChI=1S/C27H29ClF3N5O2/c1-17-6-8-18(9-7-17)24(32)35(13-12-27(29,30)31)25(37)33-16-36-22-10-11-26(2,38)15-21(22)23(34-36)19-4-3-5-20(28)14-19/h3-9,14,32,38H,10-13,15-16H2,1-2H3,(H,33,37). The Hall–Kier alpha value is -3.37. The first-order valence-corrected chi connectivity index (χ1v) is 12.6. The lowest BCUT2D eigenvalue weighted by molar-refractivity contribution is -0.135. The van der Waals surface area contributed by atoms with Gasteiger partial charge in [-0.25, -0.2) is 9.48 Å². The van der Waals surface area contributed by atoms with E-state index >= 15 is 0 Å². The van der Waals surface area contributed by atoms with Crippen molar-refractivity contribution >= 4 is 23.5 Å². The minimum atomic E-state index is -4.49. The Kier molecular flexibility index (Phi) is 7.85. The third-order valence-corrected chi connectivity index (χ3v) is 6.80. The normalized spacial score (nSPS) is 17.1. The number of rotatable bonds is 6. The number of aliphatic hydroxyl groups is 1. The van der Waals surface area contributed by atoms with Crippen LogP contribution in [-0.2, 0) is 19.5 Å². The Labute approximate surface area is 223 Å². The zero-order chi connectivity index (χ0) is 27.7. The molecule has 1 atom stereocenters. The Morgan fingerprint density at radius 2 is 1.97 bits per heavy atom. The predicted molar refractivity (Wildman–Crippen MR) is 139 cm³/mol. The molecule has 1 heterocycles. The van der Waals surface area contributed by atoms with Crippen LogP contribution in [0.1, 0.15) is 42.1 Å². The number of alkyl halides is 3. The van der Waals surface area contributed by atoms with Gasteiger partial charge in [-0.3, -0.25) is 10.3 Å². The number of hydrogen-bond acceptors (Lipinski definition) is 4. The largest absolute Gasteiger partial charge is 0.390 e. The van der Waals surface area contributed by atoms with Crippen LogP contribution in [0.15, 0.2) is 48.5 Å². The molecular weight excluding hydrogens is 519 g/mol. The molecule has 1 aromatic heterocycles. The van der Waals surface area contributed by atoms with Crippen molar-refractivity contribution in [2.75, 3.05) is 6.54 Å². The average molecular weight is 548 g/mol. The average Bonchev–Trinajstić information content (AvgIpc) is 3.19. The molecular formula is C27H29ClF3N5O2. The Balaban J connectivity index is 1.59.